The summed E-state index contributed by atoms with van der Waals surface area (Å²) in [6.45, 7) is 8.68. The lowest BCUT2D eigenvalue weighted by atomic mass is 9.83. The highest BCUT2D eigenvalue weighted by atomic mass is 35.5. The lowest BCUT2D eigenvalue weighted by molar-refractivity contribution is 0.0954. The van der Waals surface area contributed by atoms with Crippen LogP contribution in [0.4, 0.5) is 0 Å². The van der Waals surface area contributed by atoms with Gasteiger partial charge in [0, 0.05) is 12.0 Å². The Hall–Kier alpha value is -1.02. The molecule has 0 bridgehead atoms. The third-order valence-corrected chi connectivity index (χ3v) is 3.28. The molecule has 0 spiro atoms. The number of ether oxygens (including phenoxy) is 1. The average molecular weight is 283 g/mol. The van der Waals surface area contributed by atoms with Gasteiger partial charge in [0.1, 0.15) is 5.75 Å². The maximum absolute atomic E-state index is 12.2. The van der Waals surface area contributed by atoms with Gasteiger partial charge in [-0.15, -0.1) is 0 Å². The molecule has 1 rings (SSSR count). The number of hydrogen-bond acceptors (Lipinski definition) is 2. The van der Waals surface area contributed by atoms with Gasteiger partial charge in [0.05, 0.1) is 12.1 Å². The van der Waals surface area contributed by atoms with E-state index in [1.165, 1.54) is 0 Å². The molecule has 0 amide bonds. The zero-order chi connectivity index (χ0) is 14.6. The molecule has 1 aromatic rings. The van der Waals surface area contributed by atoms with Crippen molar-refractivity contribution in [3.63, 3.8) is 0 Å². The van der Waals surface area contributed by atoms with Crippen molar-refractivity contribution in [3.8, 4) is 5.75 Å². The van der Waals surface area contributed by atoms with Crippen LogP contribution in [0, 0.1) is 11.3 Å². The molecule has 1 aromatic carbocycles. The number of carbonyl (C=O) groups excluding carboxylic acids is 1. The van der Waals surface area contributed by atoms with E-state index < -0.39 is 0 Å². The minimum atomic E-state index is 0.101. The van der Waals surface area contributed by atoms with E-state index in [1.54, 1.807) is 25.3 Å². The normalized spacial score (nSPS) is 13.2. The van der Waals surface area contributed by atoms with Crippen LogP contribution in [-0.2, 0) is 0 Å². The number of benzene rings is 1. The highest BCUT2D eigenvalue weighted by Crippen LogP contribution is 2.29. The first-order valence-corrected chi connectivity index (χ1v) is 6.97. The first-order chi connectivity index (χ1) is 8.73. The molecule has 2 nitrogen and oxygen atoms in total. The van der Waals surface area contributed by atoms with Crippen LogP contribution in [0.5, 0.6) is 5.75 Å². The Bertz CT molecular complexity index is 447. The van der Waals surface area contributed by atoms with E-state index in [-0.39, 0.29) is 11.2 Å². The number of halogens is 1. The molecule has 19 heavy (non-hydrogen) atoms. The SMILES string of the molecule is COc1ccc(C(=O)CC(C)CC(C)(C)C)c(Cl)c1. The quantitative estimate of drug-likeness (QED) is 0.711. The molecule has 0 heterocycles. The number of ketones is 1. The van der Waals surface area contributed by atoms with Crippen LogP contribution in [0.15, 0.2) is 18.2 Å². The second-order valence-corrected chi connectivity index (χ2v) is 6.75. The Morgan fingerprint density at radius 1 is 1.37 bits per heavy atom. The zero-order valence-corrected chi connectivity index (χ0v) is 13.2. The number of hydrogen-bond donors (Lipinski definition) is 0. The third kappa shape index (κ3) is 5.23. The maximum atomic E-state index is 12.2. The van der Waals surface area contributed by atoms with Gasteiger partial charge in [0.15, 0.2) is 5.78 Å². The fourth-order valence-electron chi connectivity index (χ4n) is 2.39. The van der Waals surface area contributed by atoms with Gasteiger partial charge in [-0.3, -0.25) is 4.79 Å². The molecule has 3 heteroatoms. The van der Waals surface area contributed by atoms with Gasteiger partial charge in [-0.05, 0) is 36.0 Å². The molecule has 0 N–H and O–H groups in total. The van der Waals surface area contributed by atoms with Crippen molar-refractivity contribution in [3.05, 3.63) is 28.8 Å². The standard InChI is InChI=1S/C16H23ClO2/c1-11(10-16(2,3)4)8-15(18)13-7-6-12(19-5)9-14(13)17/h6-7,9,11H,8,10H2,1-5H3. The number of carbonyl (C=O) groups is 1. The first kappa shape index (κ1) is 16.0. The molecule has 0 radical (unpaired) electrons. The highest BCUT2D eigenvalue weighted by Gasteiger charge is 2.19. The molecule has 0 aliphatic heterocycles. The molecule has 0 aliphatic carbocycles. The summed E-state index contributed by atoms with van der Waals surface area (Å²) in [7, 11) is 1.58. The average Bonchev–Trinajstić information content (AvgIpc) is 2.25. The molecule has 0 saturated carbocycles. The molecule has 0 saturated heterocycles. The van der Waals surface area contributed by atoms with Crippen molar-refractivity contribution in [2.75, 3.05) is 7.11 Å². The summed E-state index contributed by atoms with van der Waals surface area (Å²) in [5, 5.41) is 0.465. The van der Waals surface area contributed by atoms with E-state index in [4.69, 9.17) is 16.3 Å². The summed E-state index contributed by atoms with van der Waals surface area (Å²) in [6.07, 6.45) is 1.55. The molecular formula is C16H23ClO2. The van der Waals surface area contributed by atoms with E-state index in [1.807, 2.05) is 0 Å². The van der Waals surface area contributed by atoms with Crippen molar-refractivity contribution >= 4 is 17.4 Å². The molecular weight excluding hydrogens is 260 g/mol. The van der Waals surface area contributed by atoms with Gasteiger partial charge in [-0.25, -0.2) is 0 Å². The molecule has 0 aromatic heterocycles. The minimum Gasteiger partial charge on any atom is -0.497 e. The van der Waals surface area contributed by atoms with Crippen LogP contribution in [0.25, 0.3) is 0 Å². The smallest absolute Gasteiger partial charge is 0.164 e. The Labute approximate surface area is 121 Å². The van der Waals surface area contributed by atoms with Gasteiger partial charge in [-0.2, -0.15) is 0 Å². The van der Waals surface area contributed by atoms with Crippen molar-refractivity contribution in [2.24, 2.45) is 11.3 Å². The maximum Gasteiger partial charge on any atom is 0.164 e. The van der Waals surface area contributed by atoms with E-state index >= 15 is 0 Å². The van der Waals surface area contributed by atoms with Crippen LogP contribution in [0.3, 0.4) is 0 Å². The summed E-state index contributed by atoms with van der Waals surface area (Å²) in [4.78, 5) is 12.2. The predicted molar refractivity (Wildman–Crippen MR) is 80.2 cm³/mol. The predicted octanol–water partition coefficient (Wildman–Crippen LogP) is 4.99. The lowest BCUT2D eigenvalue weighted by Crippen LogP contribution is -2.14. The van der Waals surface area contributed by atoms with Crippen LogP contribution >= 0.6 is 11.6 Å². The van der Waals surface area contributed by atoms with Gasteiger partial charge >= 0.3 is 0 Å². The number of methoxy groups -OCH3 is 1. The monoisotopic (exact) mass is 282 g/mol. The van der Waals surface area contributed by atoms with Gasteiger partial charge < -0.3 is 4.74 Å². The zero-order valence-electron chi connectivity index (χ0n) is 12.4. The topological polar surface area (TPSA) is 26.3 Å². The van der Waals surface area contributed by atoms with E-state index in [2.05, 4.69) is 27.7 Å². The van der Waals surface area contributed by atoms with E-state index in [0.29, 0.717) is 28.7 Å². The first-order valence-electron chi connectivity index (χ1n) is 6.59. The van der Waals surface area contributed by atoms with Crippen molar-refractivity contribution < 1.29 is 9.53 Å². The fraction of sp³-hybridized carbons (Fsp3) is 0.562. The van der Waals surface area contributed by atoms with E-state index in [0.717, 1.165) is 6.42 Å². The van der Waals surface area contributed by atoms with Gasteiger partial charge in [-0.1, -0.05) is 39.3 Å². The summed E-state index contributed by atoms with van der Waals surface area (Å²) in [5.41, 5.74) is 0.826. The van der Waals surface area contributed by atoms with Crippen LogP contribution in [0.2, 0.25) is 5.02 Å². The van der Waals surface area contributed by atoms with Crippen molar-refractivity contribution in [2.45, 2.75) is 40.5 Å². The Morgan fingerprint density at radius 3 is 2.47 bits per heavy atom. The van der Waals surface area contributed by atoms with Crippen LogP contribution in [0.1, 0.15) is 50.9 Å². The Balaban J connectivity index is 2.73. The largest absolute Gasteiger partial charge is 0.497 e. The summed E-state index contributed by atoms with van der Waals surface area (Å²) in [5.74, 6) is 1.12. The minimum absolute atomic E-state index is 0.101. The Morgan fingerprint density at radius 2 is 2.00 bits per heavy atom. The summed E-state index contributed by atoms with van der Waals surface area (Å²) >= 11 is 6.12. The molecule has 1 unspecified atom stereocenters. The molecule has 1 atom stereocenters. The lowest BCUT2D eigenvalue weighted by Gasteiger charge is -2.22. The fourth-order valence-corrected chi connectivity index (χ4v) is 2.67. The summed E-state index contributed by atoms with van der Waals surface area (Å²) in [6, 6.07) is 5.20. The van der Waals surface area contributed by atoms with Crippen molar-refractivity contribution in [1.29, 1.82) is 0 Å². The van der Waals surface area contributed by atoms with Crippen LogP contribution in [-0.4, -0.2) is 12.9 Å². The number of rotatable bonds is 5. The van der Waals surface area contributed by atoms with Gasteiger partial charge in [0.2, 0.25) is 0 Å². The Kier molecular flexibility index (Phi) is 5.42. The van der Waals surface area contributed by atoms with Crippen molar-refractivity contribution in [1.82, 2.24) is 0 Å². The van der Waals surface area contributed by atoms with Crippen LogP contribution < -0.4 is 4.74 Å². The second-order valence-electron chi connectivity index (χ2n) is 6.34. The molecule has 106 valence electrons. The summed E-state index contributed by atoms with van der Waals surface area (Å²) < 4.78 is 5.08. The third-order valence-electron chi connectivity index (χ3n) is 2.97. The second kappa shape index (κ2) is 6.42. The molecule has 0 aliphatic rings. The van der Waals surface area contributed by atoms with Gasteiger partial charge in [0.25, 0.3) is 0 Å². The molecule has 0 fully saturated rings. The number of Topliss-reactive ketones (excluding diaryl/α,β-unsaturated/α-hetero) is 1. The highest BCUT2D eigenvalue weighted by molar-refractivity contribution is 6.34. The van der Waals surface area contributed by atoms with E-state index in [9.17, 15) is 4.79 Å².